The monoisotopic (exact) mass is 314 g/mol. The topological polar surface area (TPSA) is 72.7 Å². The van der Waals surface area contributed by atoms with Gasteiger partial charge in [0.25, 0.3) is 11.6 Å². The molecule has 1 atom stereocenters. The number of rotatable bonds is 5. The highest BCUT2D eigenvalue weighted by Gasteiger charge is 2.24. The van der Waals surface area contributed by atoms with E-state index in [0.29, 0.717) is 11.3 Å². The van der Waals surface area contributed by atoms with Gasteiger partial charge < -0.3 is 9.64 Å². The van der Waals surface area contributed by atoms with Crippen molar-refractivity contribution in [2.45, 2.75) is 13.0 Å². The van der Waals surface area contributed by atoms with Crippen molar-refractivity contribution in [2.75, 3.05) is 14.1 Å². The first-order chi connectivity index (χ1) is 10.9. The Morgan fingerprint density at radius 2 is 1.83 bits per heavy atom. The van der Waals surface area contributed by atoms with Gasteiger partial charge in [0.2, 0.25) is 6.10 Å². The third kappa shape index (κ3) is 3.85. The van der Waals surface area contributed by atoms with Crippen molar-refractivity contribution in [1.29, 1.82) is 0 Å². The number of likely N-dealkylation sites (N-methyl/N-ethyl adjacent to an activating group) is 1. The lowest BCUT2D eigenvalue weighted by molar-refractivity contribution is -0.385. The Kier molecular flexibility index (Phi) is 4.95. The van der Waals surface area contributed by atoms with Gasteiger partial charge in [-0.1, -0.05) is 30.3 Å². The molecule has 0 fully saturated rings. The normalized spacial score (nSPS) is 11.6. The van der Waals surface area contributed by atoms with E-state index in [4.69, 9.17) is 4.74 Å². The second-order valence-electron chi connectivity index (χ2n) is 5.35. The van der Waals surface area contributed by atoms with Crippen molar-refractivity contribution in [3.63, 3.8) is 0 Å². The van der Waals surface area contributed by atoms with Crippen LogP contribution in [0, 0.1) is 17.0 Å². The molecule has 0 bridgehead atoms. The minimum absolute atomic E-state index is 0.0209. The smallest absolute Gasteiger partial charge is 0.272 e. The lowest BCUT2D eigenvalue weighted by Gasteiger charge is -2.22. The van der Waals surface area contributed by atoms with Crippen molar-refractivity contribution >= 4 is 11.6 Å². The van der Waals surface area contributed by atoms with Gasteiger partial charge in [-0.15, -0.1) is 0 Å². The third-order valence-electron chi connectivity index (χ3n) is 3.39. The van der Waals surface area contributed by atoms with E-state index in [1.54, 1.807) is 27.1 Å². The molecule has 2 aromatic rings. The van der Waals surface area contributed by atoms with Crippen LogP contribution in [0.3, 0.4) is 0 Å². The molecule has 6 heteroatoms. The molecule has 0 spiro atoms. The second-order valence-corrected chi connectivity index (χ2v) is 5.35. The molecule has 2 rings (SSSR count). The predicted molar refractivity (Wildman–Crippen MR) is 86.3 cm³/mol. The van der Waals surface area contributed by atoms with E-state index in [1.165, 1.54) is 17.0 Å². The number of carbonyl (C=O) groups excluding carboxylic acids is 1. The van der Waals surface area contributed by atoms with Crippen LogP contribution in [-0.2, 0) is 4.79 Å². The summed E-state index contributed by atoms with van der Waals surface area (Å²) in [6, 6.07) is 13.6. The molecule has 0 saturated carbocycles. The minimum Gasteiger partial charge on any atom is -0.476 e. The molecule has 0 aliphatic heterocycles. The molecule has 0 unspecified atom stereocenters. The van der Waals surface area contributed by atoms with Crippen LogP contribution in [0.2, 0.25) is 0 Å². The van der Waals surface area contributed by atoms with Gasteiger partial charge in [0.15, 0.2) is 0 Å². The van der Waals surface area contributed by atoms with E-state index < -0.39 is 11.0 Å². The minimum atomic E-state index is -0.799. The standard InChI is InChI=1S/C17H18N2O4/c1-12-11-14(9-10-15(12)19(21)22)23-16(17(20)18(2)3)13-7-5-4-6-8-13/h4-11,16H,1-3H3/t16-/m0/s1. The number of nitro benzene ring substituents is 1. The Labute approximate surface area is 134 Å². The van der Waals surface area contributed by atoms with E-state index in [1.807, 2.05) is 30.3 Å². The van der Waals surface area contributed by atoms with Crippen molar-refractivity contribution in [2.24, 2.45) is 0 Å². The Hall–Kier alpha value is -2.89. The summed E-state index contributed by atoms with van der Waals surface area (Å²) < 4.78 is 5.83. The molecular formula is C17H18N2O4. The van der Waals surface area contributed by atoms with E-state index in [0.717, 1.165) is 5.56 Å². The molecule has 2 aromatic carbocycles. The largest absolute Gasteiger partial charge is 0.476 e. The van der Waals surface area contributed by atoms with E-state index in [2.05, 4.69) is 0 Å². The maximum atomic E-state index is 12.4. The number of nitrogens with zero attached hydrogens (tertiary/aromatic N) is 2. The quantitative estimate of drug-likeness (QED) is 0.628. The SMILES string of the molecule is Cc1cc(O[C@H](C(=O)N(C)C)c2ccccc2)ccc1[N+](=O)[O-]. The molecular weight excluding hydrogens is 296 g/mol. The predicted octanol–water partition coefficient (Wildman–Crippen LogP) is 3.11. The summed E-state index contributed by atoms with van der Waals surface area (Å²) in [6.45, 7) is 1.64. The summed E-state index contributed by atoms with van der Waals surface area (Å²) in [5, 5.41) is 10.9. The maximum Gasteiger partial charge on any atom is 0.272 e. The average Bonchev–Trinajstić information content (AvgIpc) is 2.52. The fraction of sp³-hybridized carbons (Fsp3) is 0.235. The second kappa shape index (κ2) is 6.91. The highest BCUT2D eigenvalue weighted by molar-refractivity contribution is 5.82. The molecule has 6 nitrogen and oxygen atoms in total. The van der Waals surface area contributed by atoms with Gasteiger partial charge in [-0.2, -0.15) is 0 Å². The number of carbonyl (C=O) groups is 1. The third-order valence-corrected chi connectivity index (χ3v) is 3.39. The summed E-state index contributed by atoms with van der Waals surface area (Å²) in [5.74, 6) is 0.212. The molecule has 0 saturated heterocycles. The molecule has 0 heterocycles. The van der Waals surface area contributed by atoms with Crippen LogP contribution in [0.5, 0.6) is 5.75 Å². The molecule has 23 heavy (non-hydrogen) atoms. The van der Waals surface area contributed by atoms with Crippen molar-refractivity contribution in [1.82, 2.24) is 4.90 Å². The zero-order valence-corrected chi connectivity index (χ0v) is 13.2. The number of nitro groups is 1. The van der Waals surface area contributed by atoms with E-state index in [-0.39, 0.29) is 11.6 Å². The van der Waals surface area contributed by atoms with E-state index >= 15 is 0 Å². The van der Waals surface area contributed by atoms with Crippen LogP contribution in [0.1, 0.15) is 17.2 Å². The van der Waals surface area contributed by atoms with Gasteiger partial charge in [0, 0.05) is 31.3 Å². The number of ether oxygens (including phenoxy) is 1. The highest BCUT2D eigenvalue weighted by atomic mass is 16.6. The number of amides is 1. The van der Waals surface area contributed by atoms with E-state index in [9.17, 15) is 14.9 Å². The van der Waals surface area contributed by atoms with Gasteiger partial charge >= 0.3 is 0 Å². The summed E-state index contributed by atoms with van der Waals surface area (Å²) in [7, 11) is 3.31. The first-order valence-electron chi connectivity index (χ1n) is 7.08. The average molecular weight is 314 g/mol. The molecule has 0 aliphatic carbocycles. The molecule has 120 valence electrons. The molecule has 0 radical (unpaired) electrons. The first-order valence-corrected chi connectivity index (χ1v) is 7.08. The van der Waals surface area contributed by atoms with Crippen LogP contribution in [0.4, 0.5) is 5.69 Å². The highest BCUT2D eigenvalue weighted by Crippen LogP contribution is 2.28. The van der Waals surface area contributed by atoms with Crippen LogP contribution in [-0.4, -0.2) is 29.8 Å². The maximum absolute atomic E-state index is 12.4. The summed E-state index contributed by atoms with van der Waals surface area (Å²) in [5.41, 5.74) is 1.23. The number of aryl methyl sites for hydroxylation is 1. The van der Waals surface area contributed by atoms with Crippen LogP contribution >= 0.6 is 0 Å². The van der Waals surface area contributed by atoms with Crippen molar-refractivity contribution < 1.29 is 14.5 Å². The zero-order chi connectivity index (χ0) is 17.0. The number of hydrogen-bond acceptors (Lipinski definition) is 4. The Morgan fingerprint density at radius 1 is 1.17 bits per heavy atom. The van der Waals surface area contributed by atoms with Gasteiger partial charge in [-0.25, -0.2) is 0 Å². The molecule has 1 amide bonds. The lowest BCUT2D eigenvalue weighted by atomic mass is 10.1. The fourth-order valence-electron chi connectivity index (χ4n) is 2.17. The summed E-state index contributed by atoms with van der Waals surface area (Å²) >= 11 is 0. The van der Waals surface area contributed by atoms with Gasteiger partial charge in [-0.3, -0.25) is 14.9 Å². The first kappa shape index (κ1) is 16.5. The van der Waals surface area contributed by atoms with Crippen LogP contribution in [0.15, 0.2) is 48.5 Å². The van der Waals surface area contributed by atoms with Gasteiger partial charge in [0.1, 0.15) is 5.75 Å². The zero-order valence-electron chi connectivity index (χ0n) is 13.2. The lowest BCUT2D eigenvalue weighted by Crippen LogP contribution is -2.31. The number of benzene rings is 2. The Bertz CT molecular complexity index is 714. The van der Waals surface area contributed by atoms with Gasteiger partial charge in [0.05, 0.1) is 4.92 Å². The fourth-order valence-corrected chi connectivity index (χ4v) is 2.17. The Balaban J connectivity index is 2.33. The summed E-state index contributed by atoms with van der Waals surface area (Å²) in [6.07, 6.45) is -0.799. The molecule has 0 aliphatic rings. The number of hydrogen-bond donors (Lipinski definition) is 0. The molecule has 0 N–H and O–H groups in total. The van der Waals surface area contributed by atoms with Crippen molar-refractivity contribution in [3.8, 4) is 5.75 Å². The van der Waals surface area contributed by atoms with Crippen LogP contribution < -0.4 is 4.74 Å². The molecule has 0 aromatic heterocycles. The van der Waals surface area contributed by atoms with Crippen LogP contribution in [0.25, 0.3) is 0 Å². The summed E-state index contributed by atoms with van der Waals surface area (Å²) in [4.78, 5) is 24.3. The van der Waals surface area contributed by atoms with Crippen molar-refractivity contribution in [3.05, 3.63) is 69.8 Å². The Morgan fingerprint density at radius 3 is 2.35 bits per heavy atom. The van der Waals surface area contributed by atoms with Gasteiger partial charge in [-0.05, 0) is 19.1 Å².